The summed E-state index contributed by atoms with van der Waals surface area (Å²) >= 11 is 0. The molecule has 1 saturated heterocycles. The second-order valence-electron chi connectivity index (χ2n) is 10.1. The van der Waals surface area contributed by atoms with Crippen molar-refractivity contribution in [1.29, 1.82) is 0 Å². The molecule has 204 valence electrons. The van der Waals surface area contributed by atoms with Crippen LogP contribution in [-0.2, 0) is 27.5 Å². The normalized spacial score (nSPS) is 19.8. The number of amides is 3. The van der Waals surface area contributed by atoms with Gasteiger partial charge in [0.15, 0.2) is 0 Å². The molecule has 2 aliphatic rings. The van der Waals surface area contributed by atoms with Crippen LogP contribution in [-0.4, -0.2) is 76.1 Å². The van der Waals surface area contributed by atoms with Crippen molar-refractivity contribution in [1.82, 2.24) is 24.9 Å². The summed E-state index contributed by atoms with van der Waals surface area (Å²) in [5.74, 6) is 0.617. The number of benzene rings is 2. The summed E-state index contributed by atoms with van der Waals surface area (Å²) in [5, 5.41) is 7.19. The van der Waals surface area contributed by atoms with Crippen molar-refractivity contribution in [3.63, 3.8) is 0 Å². The minimum atomic E-state index is -0.394. The van der Waals surface area contributed by atoms with Crippen molar-refractivity contribution >= 4 is 17.7 Å². The largest absolute Gasteiger partial charge is 0.457 e. The fourth-order valence-corrected chi connectivity index (χ4v) is 4.90. The zero-order valence-corrected chi connectivity index (χ0v) is 22.2. The van der Waals surface area contributed by atoms with Crippen molar-refractivity contribution in [3.05, 3.63) is 77.6 Å². The number of aryl methyl sites for hydroxylation is 2. The summed E-state index contributed by atoms with van der Waals surface area (Å²) < 4.78 is 14.2. The summed E-state index contributed by atoms with van der Waals surface area (Å²) in [4.78, 5) is 42.2. The molecule has 10 nitrogen and oxygen atoms in total. The highest BCUT2D eigenvalue weighted by atomic mass is 16.5. The molecule has 3 aromatic rings. The average Bonchev–Trinajstić information content (AvgIpc) is 3.58. The third kappa shape index (κ3) is 6.46. The highest BCUT2D eigenvalue weighted by Gasteiger charge is 2.37. The lowest BCUT2D eigenvalue weighted by molar-refractivity contribution is -0.131. The van der Waals surface area contributed by atoms with Gasteiger partial charge in [-0.25, -0.2) is 0 Å². The van der Waals surface area contributed by atoms with E-state index < -0.39 is 12.1 Å². The van der Waals surface area contributed by atoms with E-state index in [4.69, 9.17) is 9.47 Å². The first-order chi connectivity index (χ1) is 18.9. The van der Waals surface area contributed by atoms with E-state index in [2.05, 4.69) is 10.4 Å². The summed E-state index contributed by atoms with van der Waals surface area (Å²) in [6, 6.07) is 14.3. The van der Waals surface area contributed by atoms with Gasteiger partial charge in [0, 0.05) is 51.1 Å². The zero-order valence-electron chi connectivity index (χ0n) is 22.2. The Kier molecular flexibility index (Phi) is 7.92. The Balaban J connectivity index is 1.33. The Morgan fingerprint density at radius 2 is 2.00 bits per heavy atom. The number of ether oxygens (including phenoxy) is 2. The molecular weight excluding hydrogens is 498 g/mol. The van der Waals surface area contributed by atoms with Crippen molar-refractivity contribution in [2.75, 3.05) is 26.7 Å². The monoisotopic (exact) mass is 531 g/mol. The van der Waals surface area contributed by atoms with E-state index in [1.165, 1.54) is 4.90 Å². The average molecular weight is 532 g/mol. The number of fused-ring (bicyclic) bond motifs is 5. The molecule has 2 aliphatic heterocycles. The zero-order chi connectivity index (χ0) is 27.4. The van der Waals surface area contributed by atoms with Gasteiger partial charge in [-0.1, -0.05) is 18.2 Å². The van der Waals surface area contributed by atoms with Gasteiger partial charge in [-0.2, -0.15) is 5.10 Å². The summed E-state index contributed by atoms with van der Waals surface area (Å²) in [6.45, 7) is 3.47. The number of carbonyl (C=O) groups excluding carboxylic acids is 3. The minimum absolute atomic E-state index is 0.00994. The molecule has 1 fully saturated rings. The van der Waals surface area contributed by atoms with E-state index in [1.807, 2.05) is 49.5 Å². The lowest BCUT2D eigenvalue weighted by atomic mass is 10.1. The van der Waals surface area contributed by atoms with Gasteiger partial charge >= 0.3 is 0 Å². The molecule has 2 atom stereocenters. The number of nitrogens with one attached hydrogen (secondary N) is 1. The van der Waals surface area contributed by atoms with Gasteiger partial charge in [0.1, 0.15) is 11.5 Å². The molecule has 10 heteroatoms. The van der Waals surface area contributed by atoms with Crippen LogP contribution >= 0.6 is 0 Å². The van der Waals surface area contributed by atoms with Crippen LogP contribution in [0.3, 0.4) is 0 Å². The maximum Gasteiger partial charge on any atom is 0.254 e. The van der Waals surface area contributed by atoms with Crippen LogP contribution in [0.25, 0.3) is 0 Å². The molecule has 1 aromatic heterocycles. The molecule has 0 spiro atoms. The number of aromatic nitrogens is 2. The maximum atomic E-state index is 13.1. The number of carbonyl (C=O) groups is 3. The van der Waals surface area contributed by atoms with Gasteiger partial charge < -0.3 is 24.6 Å². The van der Waals surface area contributed by atoms with E-state index in [0.717, 1.165) is 11.1 Å². The number of likely N-dealkylation sites (N-methyl/N-ethyl adjacent to an activating group) is 1. The van der Waals surface area contributed by atoms with Crippen molar-refractivity contribution < 1.29 is 23.9 Å². The van der Waals surface area contributed by atoms with Gasteiger partial charge in [-0.05, 0) is 54.8 Å². The van der Waals surface area contributed by atoms with Gasteiger partial charge in [0.25, 0.3) is 5.91 Å². The van der Waals surface area contributed by atoms with E-state index >= 15 is 0 Å². The number of nitrogens with zero attached hydrogens (tertiary/aromatic N) is 4. The van der Waals surface area contributed by atoms with Crippen LogP contribution in [0.15, 0.2) is 60.9 Å². The Morgan fingerprint density at radius 1 is 1.13 bits per heavy atom. The van der Waals surface area contributed by atoms with Crippen molar-refractivity contribution in [2.45, 2.75) is 45.1 Å². The fraction of sp³-hybridized carbons (Fsp3) is 0.379. The molecule has 1 N–H and O–H groups in total. The Labute approximate surface area is 227 Å². The van der Waals surface area contributed by atoms with Crippen LogP contribution in [0.4, 0.5) is 0 Å². The molecule has 2 aromatic carbocycles. The van der Waals surface area contributed by atoms with Crippen LogP contribution in [0.2, 0.25) is 0 Å². The molecule has 0 radical (unpaired) electrons. The molecule has 0 unspecified atom stereocenters. The predicted octanol–water partition coefficient (Wildman–Crippen LogP) is 2.76. The van der Waals surface area contributed by atoms with E-state index in [-0.39, 0.29) is 24.3 Å². The predicted molar refractivity (Wildman–Crippen MR) is 143 cm³/mol. The summed E-state index contributed by atoms with van der Waals surface area (Å²) in [7, 11) is 1.59. The molecule has 4 bridgehead atoms. The van der Waals surface area contributed by atoms with Gasteiger partial charge in [0.05, 0.1) is 25.3 Å². The molecule has 3 amide bonds. The van der Waals surface area contributed by atoms with Gasteiger partial charge in [0.2, 0.25) is 11.8 Å². The lowest BCUT2D eigenvalue weighted by Crippen LogP contribution is -2.48. The smallest absolute Gasteiger partial charge is 0.254 e. The SMILES string of the molecule is Cc1ccc2cc1Oc1cccc(c1)CO[C@H]1CN(C(=O)CCCn3cccn3)C[C@@H]1NC(=O)CN(C)C2=O. The number of rotatable bonds is 4. The minimum Gasteiger partial charge on any atom is -0.457 e. The molecule has 0 saturated carbocycles. The first kappa shape index (κ1) is 26.4. The molecule has 3 heterocycles. The highest BCUT2D eigenvalue weighted by molar-refractivity contribution is 5.96. The highest BCUT2D eigenvalue weighted by Crippen LogP contribution is 2.28. The Bertz CT molecular complexity index is 1340. The quantitative estimate of drug-likeness (QED) is 0.555. The van der Waals surface area contributed by atoms with Crippen molar-refractivity contribution in [3.8, 4) is 11.5 Å². The van der Waals surface area contributed by atoms with Crippen molar-refractivity contribution in [2.24, 2.45) is 0 Å². The molecule has 5 rings (SSSR count). The van der Waals surface area contributed by atoms with Gasteiger partial charge in [-0.15, -0.1) is 0 Å². The first-order valence-electron chi connectivity index (χ1n) is 13.1. The Hall–Kier alpha value is -4.18. The van der Waals surface area contributed by atoms with Crippen LogP contribution in [0.1, 0.15) is 34.3 Å². The third-order valence-corrected chi connectivity index (χ3v) is 7.06. The van der Waals surface area contributed by atoms with Crippen LogP contribution in [0.5, 0.6) is 11.5 Å². The Morgan fingerprint density at radius 3 is 2.82 bits per heavy atom. The van der Waals surface area contributed by atoms with Crippen LogP contribution in [0, 0.1) is 6.92 Å². The number of hydrogen-bond acceptors (Lipinski definition) is 6. The fourth-order valence-electron chi connectivity index (χ4n) is 4.90. The standard InChI is InChI=1S/C29H33N5O5/c1-20-9-10-22-15-25(20)39-23-7-3-6-21(14-23)19-38-26-17-33(28(36)8-4-12-34-13-5-11-30-34)16-24(26)31-27(35)18-32(2)29(22)37/h3,5-7,9-11,13-15,24,26H,4,8,12,16-19H2,1-2H3,(H,31,35)/t24-,26-/m0/s1. The number of hydrogen-bond donors (Lipinski definition) is 1. The second-order valence-corrected chi connectivity index (χ2v) is 10.1. The molecule has 0 aliphatic carbocycles. The van der Waals surface area contributed by atoms with E-state index in [1.54, 1.807) is 35.0 Å². The topological polar surface area (TPSA) is 106 Å². The molecule has 39 heavy (non-hydrogen) atoms. The van der Waals surface area contributed by atoms with E-state index in [0.29, 0.717) is 56.1 Å². The second kappa shape index (κ2) is 11.7. The van der Waals surface area contributed by atoms with Gasteiger partial charge in [-0.3, -0.25) is 19.1 Å². The maximum absolute atomic E-state index is 13.1. The first-order valence-corrected chi connectivity index (χ1v) is 13.1. The summed E-state index contributed by atoms with van der Waals surface area (Å²) in [6.07, 6.45) is 4.24. The van der Waals surface area contributed by atoms with E-state index in [9.17, 15) is 14.4 Å². The number of likely N-dealkylation sites (tertiary alicyclic amines) is 1. The lowest BCUT2D eigenvalue weighted by Gasteiger charge is -2.23. The molecular formula is C29H33N5O5. The third-order valence-electron chi connectivity index (χ3n) is 7.06. The van der Waals surface area contributed by atoms with Crippen LogP contribution < -0.4 is 10.1 Å². The summed E-state index contributed by atoms with van der Waals surface area (Å²) in [5.41, 5.74) is 2.22.